The number of methoxy groups -OCH3 is 1. The Balaban J connectivity index is 1.76. The van der Waals surface area contributed by atoms with E-state index in [9.17, 15) is 9.59 Å². The van der Waals surface area contributed by atoms with Gasteiger partial charge in [0.05, 0.1) is 18.7 Å². The van der Waals surface area contributed by atoms with Crippen LogP contribution >= 0.6 is 0 Å². The molecule has 0 bridgehead atoms. The molecule has 0 saturated heterocycles. The van der Waals surface area contributed by atoms with Gasteiger partial charge in [-0.15, -0.1) is 0 Å². The van der Waals surface area contributed by atoms with Crippen LogP contribution in [0.1, 0.15) is 18.2 Å². The largest absolute Gasteiger partial charge is 0.378 e. The lowest BCUT2D eigenvalue weighted by Gasteiger charge is -2.24. The van der Waals surface area contributed by atoms with Crippen molar-refractivity contribution in [1.82, 2.24) is 9.78 Å². The smallest absolute Gasteiger partial charge is 0.249 e. The number of fused-ring (bicyclic) bond motifs is 1. The molecule has 142 valence electrons. The number of hydrogen-bond donors (Lipinski definition) is 2. The summed E-state index contributed by atoms with van der Waals surface area (Å²) in [4.78, 5) is 25.3. The number of nitrogens with zero attached hydrogens (tertiary/aromatic N) is 2. The van der Waals surface area contributed by atoms with Gasteiger partial charge >= 0.3 is 0 Å². The summed E-state index contributed by atoms with van der Waals surface area (Å²) in [6.45, 7) is 0.271. The highest BCUT2D eigenvalue weighted by Gasteiger charge is 2.35. The van der Waals surface area contributed by atoms with E-state index in [1.54, 1.807) is 23.9 Å². The van der Waals surface area contributed by atoms with Gasteiger partial charge in [0.2, 0.25) is 11.8 Å². The molecule has 0 radical (unpaired) electrons. The lowest BCUT2D eigenvalue weighted by atomic mass is 10.0. The van der Waals surface area contributed by atoms with Crippen LogP contribution in [0.2, 0.25) is 0 Å². The second-order valence-corrected chi connectivity index (χ2v) is 6.54. The minimum atomic E-state index is -0.739. The van der Waals surface area contributed by atoms with Crippen molar-refractivity contribution < 1.29 is 14.3 Å². The molecule has 0 aliphatic carbocycles. The van der Waals surface area contributed by atoms with Gasteiger partial charge < -0.3 is 15.4 Å². The van der Waals surface area contributed by atoms with Crippen molar-refractivity contribution in [2.45, 2.75) is 19.1 Å². The van der Waals surface area contributed by atoms with Crippen LogP contribution in [0.4, 0.5) is 11.5 Å². The quantitative estimate of drug-likeness (QED) is 0.716. The Kier molecular flexibility index (Phi) is 4.90. The maximum atomic E-state index is 12.9. The molecule has 0 fully saturated rings. The second kappa shape index (κ2) is 7.66. The Morgan fingerprint density at radius 2 is 1.86 bits per heavy atom. The number of para-hydroxylation sites is 1. The van der Waals surface area contributed by atoms with E-state index in [2.05, 4.69) is 15.7 Å². The van der Waals surface area contributed by atoms with E-state index in [-0.39, 0.29) is 24.8 Å². The molecular formula is C21H20N4O3. The van der Waals surface area contributed by atoms with Gasteiger partial charge in [-0.25, -0.2) is 4.68 Å². The summed E-state index contributed by atoms with van der Waals surface area (Å²) in [7, 11) is 1.59. The van der Waals surface area contributed by atoms with Crippen LogP contribution < -0.4 is 10.6 Å². The number of carbonyl (C=O) groups excluding carboxylic acids is 2. The molecule has 2 aromatic carbocycles. The van der Waals surface area contributed by atoms with Gasteiger partial charge in [-0.2, -0.15) is 5.10 Å². The molecule has 4 rings (SSSR count). The Labute approximate surface area is 162 Å². The summed E-state index contributed by atoms with van der Waals surface area (Å²) >= 11 is 0. The molecule has 0 unspecified atom stereocenters. The summed E-state index contributed by atoms with van der Waals surface area (Å²) in [6, 6.07) is 18.1. The average molecular weight is 376 g/mol. The van der Waals surface area contributed by atoms with Crippen LogP contribution in [0.25, 0.3) is 11.1 Å². The van der Waals surface area contributed by atoms with E-state index in [1.165, 1.54) is 0 Å². The zero-order valence-corrected chi connectivity index (χ0v) is 15.4. The molecule has 0 saturated carbocycles. The molecule has 7 nitrogen and oxygen atoms in total. The van der Waals surface area contributed by atoms with E-state index in [0.717, 1.165) is 11.1 Å². The molecule has 1 atom stereocenters. The van der Waals surface area contributed by atoms with E-state index in [4.69, 9.17) is 4.74 Å². The normalized spacial score (nSPS) is 15.6. The zero-order chi connectivity index (χ0) is 19.5. The first kappa shape index (κ1) is 17.9. The lowest BCUT2D eigenvalue weighted by Crippen LogP contribution is -2.35. The maximum Gasteiger partial charge on any atom is 0.249 e. The number of aromatic nitrogens is 2. The SMILES string of the molecule is COCc1nn2c(c1-c1ccccc1)NC(=O)C[C@H]2C(=O)Nc1ccccc1. The highest BCUT2D eigenvalue weighted by molar-refractivity contribution is 6.03. The average Bonchev–Trinajstić information content (AvgIpc) is 3.06. The monoisotopic (exact) mass is 376 g/mol. The Morgan fingerprint density at radius 1 is 1.18 bits per heavy atom. The van der Waals surface area contributed by atoms with Gasteiger partial charge in [-0.1, -0.05) is 48.5 Å². The molecule has 1 aliphatic rings. The van der Waals surface area contributed by atoms with Gasteiger partial charge in [0.25, 0.3) is 0 Å². The first-order valence-corrected chi connectivity index (χ1v) is 8.99. The third-order valence-corrected chi connectivity index (χ3v) is 4.60. The van der Waals surface area contributed by atoms with E-state index in [1.807, 2.05) is 48.5 Å². The van der Waals surface area contributed by atoms with Gasteiger partial charge in [0.1, 0.15) is 11.9 Å². The first-order chi connectivity index (χ1) is 13.7. The first-order valence-electron chi connectivity index (χ1n) is 8.99. The molecule has 2 amide bonds. The lowest BCUT2D eigenvalue weighted by molar-refractivity contribution is -0.125. The van der Waals surface area contributed by atoms with Crippen molar-refractivity contribution in [1.29, 1.82) is 0 Å². The van der Waals surface area contributed by atoms with Gasteiger partial charge in [0.15, 0.2) is 0 Å². The van der Waals surface area contributed by atoms with Crippen molar-refractivity contribution in [2.75, 3.05) is 17.7 Å². The molecule has 3 aromatic rings. The highest BCUT2D eigenvalue weighted by atomic mass is 16.5. The number of nitrogens with one attached hydrogen (secondary N) is 2. The van der Waals surface area contributed by atoms with E-state index < -0.39 is 6.04 Å². The topological polar surface area (TPSA) is 85.2 Å². The molecule has 0 spiro atoms. The Morgan fingerprint density at radius 3 is 2.54 bits per heavy atom. The summed E-state index contributed by atoms with van der Waals surface area (Å²) in [5.41, 5.74) is 3.02. The Hall–Kier alpha value is -3.45. The van der Waals surface area contributed by atoms with Crippen LogP contribution in [-0.2, 0) is 20.9 Å². The van der Waals surface area contributed by atoms with Crippen LogP contribution in [0, 0.1) is 0 Å². The summed E-state index contributed by atoms with van der Waals surface area (Å²) in [6.07, 6.45) is 0.0218. The molecule has 1 aromatic heterocycles. The van der Waals surface area contributed by atoms with Crippen molar-refractivity contribution in [2.24, 2.45) is 0 Å². The summed E-state index contributed by atoms with van der Waals surface area (Å²) in [5.74, 6) is 0.0119. The zero-order valence-electron chi connectivity index (χ0n) is 15.4. The molecule has 1 aliphatic heterocycles. The fourth-order valence-electron chi connectivity index (χ4n) is 3.37. The van der Waals surface area contributed by atoms with Crippen molar-refractivity contribution in [3.8, 4) is 11.1 Å². The molecule has 2 N–H and O–H groups in total. The number of hydrogen-bond acceptors (Lipinski definition) is 4. The minimum Gasteiger partial charge on any atom is -0.378 e. The summed E-state index contributed by atoms with van der Waals surface area (Å²) < 4.78 is 6.89. The Bertz CT molecular complexity index is 999. The number of amides is 2. The maximum absolute atomic E-state index is 12.9. The predicted molar refractivity (Wildman–Crippen MR) is 106 cm³/mol. The fraction of sp³-hybridized carbons (Fsp3) is 0.190. The molecule has 2 heterocycles. The molecule has 28 heavy (non-hydrogen) atoms. The van der Waals surface area contributed by atoms with Crippen LogP contribution in [0.15, 0.2) is 60.7 Å². The third-order valence-electron chi connectivity index (χ3n) is 4.60. The van der Waals surface area contributed by atoms with Gasteiger partial charge in [-0.05, 0) is 17.7 Å². The molecular weight excluding hydrogens is 356 g/mol. The predicted octanol–water partition coefficient (Wildman–Crippen LogP) is 3.22. The number of ether oxygens (including phenoxy) is 1. The second-order valence-electron chi connectivity index (χ2n) is 6.54. The van der Waals surface area contributed by atoms with E-state index >= 15 is 0 Å². The van der Waals surface area contributed by atoms with Gasteiger partial charge in [0, 0.05) is 18.4 Å². The number of anilines is 2. The fourth-order valence-corrected chi connectivity index (χ4v) is 3.37. The third kappa shape index (κ3) is 3.39. The van der Waals surface area contributed by atoms with Crippen molar-refractivity contribution in [3.05, 3.63) is 66.4 Å². The summed E-state index contributed by atoms with van der Waals surface area (Å²) in [5, 5.41) is 10.4. The standard InChI is InChI=1S/C21H20N4O3/c1-28-13-16-19(14-8-4-2-5-9-14)20-23-18(26)12-17(25(20)24-16)21(27)22-15-10-6-3-7-11-15/h2-11,17H,12-13H2,1H3,(H,22,27)(H,23,26)/t17-/m0/s1. The van der Waals surface area contributed by atoms with Crippen LogP contribution in [-0.4, -0.2) is 28.7 Å². The van der Waals surface area contributed by atoms with Crippen molar-refractivity contribution >= 4 is 23.3 Å². The van der Waals surface area contributed by atoms with Crippen LogP contribution in [0.5, 0.6) is 0 Å². The van der Waals surface area contributed by atoms with Crippen LogP contribution in [0.3, 0.4) is 0 Å². The van der Waals surface area contributed by atoms with Gasteiger partial charge in [-0.3, -0.25) is 9.59 Å². The highest BCUT2D eigenvalue weighted by Crippen LogP contribution is 2.37. The number of carbonyl (C=O) groups is 2. The number of rotatable bonds is 5. The van der Waals surface area contributed by atoms with Crippen molar-refractivity contribution in [3.63, 3.8) is 0 Å². The number of benzene rings is 2. The van der Waals surface area contributed by atoms with E-state index in [0.29, 0.717) is 17.2 Å². The minimum absolute atomic E-state index is 0.0218. The molecule has 7 heteroatoms.